The first kappa shape index (κ1) is 52.5. The largest absolute Gasteiger partial charge is 0.387 e. The van der Waals surface area contributed by atoms with Gasteiger partial charge in [-0.05, 0) is 83.5 Å². The molecule has 55 heavy (non-hydrogen) atoms. The van der Waals surface area contributed by atoms with Crippen LogP contribution in [0.2, 0.25) is 0 Å². The third-order valence-electron chi connectivity index (χ3n) is 9.53. The van der Waals surface area contributed by atoms with Gasteiger partial charge in [0.2, 0.25) is 5.91 Å². The zero-order chi connectivity index (χ0) is 40.3. The van der Waals surface area contributed by atoms with Gasteiger partial charge in [0.25, 0.3) is 10.1 Å². The standard InChI is InChI=1S/C48H83NO5S/c1-3-5-7-9-11-13-15-17-19-21-22-23-24-25-26-28-30-32-34-36-38-40-42-44-48(51)49-46(45-55(52,53)54)47(50)43-41-39-37-35-33-31-29-27-20-18-16-14-12-10-8-6-4-2/h5,7,11,13,17,19-20,22-23,27,33,35,41,43,46-47,50H,3-4,6,8-10,12,14-16,18,21,24-26,28-32,34,36-40,42,44-45H2,1-2H3,(H,49,51)(H,52,53,54)/b7-5-,13-11-,19-17-,23-22-,27-20+,35-33+,43-41+. The molecule has 0 rings (SSSR count). The lowest BCUT2D eigenvalue weighted by atomic mass is 10.0. The summed E-state index contributed by atoms with van der Waals surface area (Å²) in [5.41, 5.74) is 0. The molecule has 0 saturated heterocycles. The summed E-state index contributed by atoms with van der Waals surface area (Å²) in [6, 6.07) is -1.09. The maximum Gasteiger partial charge on any atom is 0.267 e. The second-order valence-electron chi connectivity index (χ2n) is 14.9. The molecule has 0 heterocycles. The van der Waals surface area contributed by atoms with Crippen LogP contribution >= 0.6 is 0 Å². The average Bonchev–Trinajstić information content (AvgIpc) is 3.15. The van der Waals surface area contributed by atoms with E-state index >= 15 is 0 Å². The smallest absolute Gasteiger partial charge is 0.267 e. The summed E-state index contributed by atoms with van der Waals surface area (Å²) in [4.78, 5) is 12.5. The van der Waals surface area contributed by atoms with E-state index in [1.165, 1.54) is 96.0 Å². The van der Waals surface area contributed by atoms with Crippen molar-refractivity contribution in [3.8, 4) is 0 Å². The van der Waals surface area contributed by atoms with Gasteiger partial charge in [0, 0.05) is 6.42 Å². The van der Waals surface area contributed by atoms with Crippen LogP contribution in [-0.4, -0.2) is 41.9 Å². The molecule has 0 aromatic heterocycles. The zero-order valence-electron chi connectivity index (χ0n) is 35.3. The highest BCUT2D eigenvalue weighted by Crippen LogP contribution is 2.13. The van der Waals surface area contributed by atoms with Gasteiger partial charge in [0.05, 0.1) is 17.9 Å². The highest BCUT2D eigenvalue weighted by Gasteiger charge is 2.24. The number of rotatable bonds is 39. The zero-order valence-corrected chi connectivity index (χ0v) is 36.1. The molecule has 0 spiro atoms. The second-order valence-corrected chi connectivity index (χ2v) is 16.4. The molecule has 6 nitrogen and oxygen atoms in total. The Morgan fingerprint density at radius 1 is 0.509 bits per heavy atom. The van der Waals surface area contributed by atoms with Crippen LogP contribution in [0.5, 0.6) is 0 Å². The third-order valence-corrected chi connectivity index (χ3v) is 10.3. The predicted octanol–water partition coefficient (Wildman–Crippen LogP) is 13.6. The third kappa shape index (κ3) is 42.5. The summed E-state index contributed by atoms with van der Waals surface area (Å²) >= 11 is 0. The molecule has 0 aliphatic heterocycles. The van der Waals surface area contributed by atoms with E-state index in [4.69, 9.17) is 0 Å². The van der Waals surface area contributed by atoms with Crippen molar-refractivity contribution < 1.29 is 22.9 Å². The van der Waals surface area contributed by atoms with Gasteiger partial charge < -0.3 is 10.4 Å². The van der Waals surface area contributed by atoms with Crippen molar-refractivity contribution in [2.45, 2.75) is 206 Å². The Bertz CT molecular complexity index is 1180. The number of carbonyl (C=O) groups excluding carboxylic acids is 1. The molecular weight excluding hydrogens is 703 g/mol. The van der Waals surface area contributed by atoms with Crippen molar-refractivity contribution in [1.29, 1.82) is 0 Å². The first-order chi connectivity index (χ1) is 26.8. The highest BCUT2D eigenvalue weighted by atomic mass is 32.2. The molecule has 0 bridgehead atoms. The summed E-state index contributed by atoms with van der Waals surface area (Å²) in [5, 5.41) is 13.2. The molecule has 0 saturated carbocycles. The number of unbranched alkanes of at least 4 members (excludes halogenated alkanes) is 19. The fraction of sp³-hybridized carbons (Fsp3) is 0.688. The lowest BCUT2D eigenvalue weighted by Gasteiger charge is -2.21. The van der Waals surface area contributed by atoms with Gasteiger partial charge in [-0.3, -0.25) is 9.35 Å². The minimum Gasteiger partial charge on any atom is -0.387 e. The SMILES string of the molecule is CC/C=C\C/C=C\C/C=C\C/C=C\CCCCCCCCCCCCC(=O)NC(CS(=O)(=O)O)C(O)/C=C/CC/C=C/CC/C=C/CCCCCCCCC. The molecule has 0 aliphatic rings. The lowest BCUT2D eigenvalue weighted by Crippen LogP contribution is -2.46. The van der Waals surface area contributed by atoms with Gasteiger partial charge in [-0.25, -0.2) is 0 Å². The van der Waals surface area contributed by atoms with Gasteiger partial charge in [-0.15, -0.1) is 0 Å². The number of aliphatic hydroxyl groups is 1. The van der Waals surface area contributed by atoms with Crippen molar-refractivity contribution in [2.75, 3.05) is 5.75 Å². The highest BCUT2D eigenvalue weighted by molar-refractivity contribution is 7.85. The van der Waals surface area contributed by atoms with Crippen molar-refractivity contribution in [3.63, 3.8) is 0 Å². The summed E-state index contributed by atoms with van der Waals surface area (Å²) in [6.07, 6.45) is 60.0. The summed E-state index contributed by atoms with van der Waals surface area (Å²) < 4.78 is 32.6. The molecular formula is C48H83NO5S. The van der Waals surface area contributed by atoms with Crippen LogP contribution in [0.4, 0.5) is 0 Å². The Labute approximate surface area is 339 Å². The quantitative estimate of drug-likeness (QED) is 0.0327. The normalized spacial score (nSPS) is 14.0. The maximum atomic E-state index is 12.5. The number of hydrogen-bond acceptors (Lipinski definition) is 4. The summed E-state index contributed by atoms with van der Waals surface area (Å²) in [5.74, 6) is -1.02. The van der Waals surface area contributed by atoms with E-state index in [1.807, 2.05) is 0 Å². The average molecular weight is 786 g/mol. The van der Waals surface area contributed by atoms with Gasteiger partial charge in [-0.2, -0.15) is 8.42 Å². The minimum absolute atomic E-state index is 0.275. The van der Waals surface area contributed by atoms with Crippen LogP contribution in [0.15, 0.2) is 85.1 Å². The molecule has 0 aromatic carbocycles. The number of hydrogen-bond donors (Lipinski definition) is 3. The van der Waals surface area contributed by atoms with E-state index in [0.29, 0.717) is 6.42 Å². The Morgan fingerprint density at radius 2 is 0.891 bits per heavy atom. The summed E-state index contributed by atoms with van der Waals surface area (Å²) in [7, 11) is -4.37. The van der Waals surface area contributed by atoms with Crippen LogP contribution < -0.4 is 5.32 Å². The van der Waals surface area contributed by atoms with Crippen LogP contribution in [0.3, 0.4) is 0 Å². The molecule has 0 radical (unpaired) electrons. The Hall–Kier alpha value is -2.48. The van der Waals surface area contributed by atoms with E-state index in [-0.39, 0.29) is 12.3 Å². The summed E-state index contributed by atoms with van der Waals surface area (Å²) in [6.45, 7) is 4.41. The molecule has 2 atom stereocenters. The Kier molecular flexibility index (Phi) is 39.3. The van der Waals surface area contributed by atoms with E-state index in [2.05, 4.69) is 92.1 Å². The number of nitrogens with one attached hydrogen (secondary N) is 1. The van der Waals surface area contributed by atoms with Gasteiger partial charge in [-0.1, -0.05) is 189 Å². The van der Waals surface area contributed by atoms with Crippen LogP contribution in [0.1, 0.15) is 194 Å². The number of aliphatic hydroxyl groups excluding tert-OH is 1. The first-order valence-electron chi connectivity index (χ1n) is 22.3. The molecule has 316 valence electrons. The molecule has 0 aliphatic carbocycles. The van der Waals surface area contributed by atoms with Gasteiger partial charge in [0.15, 0.2) is 0 Å². The van der Waals surface area contributed by atoms with Gasteiger partial charge >= 0.3 is 0 Å². The van der Waals surface area contributed by atoms with Crippen molar-refractivity contribution in [3.05, 3.63) is 85.1 Å². The number of amides is 1. The maximum absolute atomic E-state index is 12.5. The molecule has 7 heteroatoms. The molecule has 3 N–H and O–H groups in total. The van der Waals surface area contributed by atoms with E-state index in [1.54, 1.807) is 6.08 Å². The minimum atomic E-state index is -4.37. The molecule has 0 fully saturated rings. The fourth-order valence-electron chi connectivity index (χ4n) is 6.24. The number of carbonyl (C=O) groups is 1. The topological polar surface area (TPSA) is 104 Å². The Morgan fingerprint density at radius 3 is 1.36 bits per heavy atom. The van der Waals surface area contributed by atoms with E-state index < -0.39 is 28.0 Å². The Balaban J connectivity index is 3.95. The monoisotopic (exact) mass is 786 g/mol. The predicted molar refractivity (Wildman–Crippen MR) is 239 cm³/mol. The van der Waals surface area contributed by atoms with Crippen LogP contribution in [0.25, 0.3) is 0 Å². The lowest BCUT2D eigenvalue weighted by molar-refractivity contribution is -0.122. The van der Waals surface area contributed by atoms with Crippen molar-refractivity contribution in [1.82, 2.24) is 5.32 Å². The fourth-order valence-corrected chi connectivity index (χ4v) is 6.97. The number of allylic oxidation sites excluding steroid dienone is 13. The second kappa shape index (κ2) is 41.2. The molecule has 2 unspecified atom stereocenters. The van der Waals surface area contributed by atoms with Crippen molar-refractivity contribution >= 4 is 16.0 Å². The van der Waals surface area contributed by atoms with E-state index in [0.717, 1.165) is 77.0 Å². The van der Waals surface area contributed by atoms with Crippen molar-refractivity contribution in [2.24, 2.45) is 0 Å². The van der Waals surface area contributed by atoms with E-state index in [9.17, 15) is 22.9 Å². The van der Waals surface area contributed by atoms with Gasteiger partial charge in [0.1, 0.15) is 0 Å². The first-order valence-corrected chi connectivity index (χ1v) is 23.9. The molecule has 0 aromatic rings. The van der Waals surface area contributed by atoms with Crippen LogP contribution in [-0.2, 0) is 14.9 Å². The van der Waals surface area contributed by atoms with Crippen LogP contribution in [0, 0.1) is 0 Å². The molecule has 1 amide bonds.